The summed E-state index contributed by atoms with van der Waals surface area (Å²) < 4.78 is 24.0. The normalized spacial score (nSPS) is 32.9. The molecule has 0 aromatic rings. The Kier molecular flexibility index (Phi) is 2.87. The van der Waals surface area contributed by atoms with Crippen LogP contribution in [0.2, 0.25) is 0 Å². The molecule has 1 fully saturated rings. The summed E-state index contributed by atoms with van der Waals surface area (Å²) in [5, 5.41) is 0. The van der Waals surface area contributed by atoms with E-state index in [1.807, 2.05) is 0 Å². The summed E-state index contributed by atoms with van der Waals surface area (Å²) in [5.74, 6) is -0.685. The van der Waals surface area contributed by atoms with E-state index in [2.05, 4.69) is 20.4 Å². The molecule has 2 atom stereocenters. The van der Waals surface area contributed by atoms with Crippen LogP contribution in [0.3, 0.4) is 0 Å². The monoisotopic (exact) mass is 208 g/mol. The smallest absolute Gasteiger partial charge is 0.429 e. The molecule has 1 rings (SSSR count). The fourth-order valence-corrected chi connectivity index (χ4v) is 1.41. The molecule has 0 aliphatic carbocycles. The number of esters is 1. The average Bonchev–Trinajstić information content (AvgIpc) is 2.30. The van der Waals surface area contributed by atoms with E-state index in [9.17, 15) is 9.36 Å². The number of carbonyl (C=O) groups excluding carboxylic acids is 1. The lowest BCUT2D eigenvalue weighted by Crippen LogP contribution is -2.19. The first-order valence-electron chi connectivity index (χ1n) is 3.43. The molecule has 1 aliphatic heterocycles. The van der Waals surface area contributed by atoms with E-state index in [1.165, 1.54) is 6.92 Å². The number of hydrogen-bond acceptors (Lipinski definition) is 5. The SMILES string of the molecule is C=C(C)C(=O)OC1COP(=O)(O)O1. The molecule has 0 saturated carbocycles. The molecule has 0 aromatic carbocycles. The number of carbonyl (C=O) groups is 1. The minimum absolute atomic E-state index is 0.184. The molecule has 1 heterocycles. The molecule has 0 amide bonds. The van der Waals surface area contributed by atoms with Crippen LogP contribution in [0.25, 0.3) is 0 Å². The van der Waals surface area contributed by atoms with Crippen LogP contribution in [0.15, 0.2) is 12.2 Å². The third-order valence-electron chi connectivity index (χ3n) is 1.21. The third-order valence-corrected chi connectivity index (χ3v) is 2.19. The molecule has 6 nitrogen and oxygen atoms in total. The molecule has 1 aliphatic rings. The van der Waals surface area contributed by atoms with Crippen LogP contribution in [0.1, 0.15) is 6.92 Å². The lowest BCUT2D eigenvalue weighted by molar-refractivity contribution is -0.156. The number of phosphoric ester groups is 1. The number of rotatable bonds is 2. The van der Waals surface area contributed by atoms with Gasteiger partial charge in [-0.05, 0) is 6.92 Å². The molecule has 0 radical (unpaired) electrons. The summed E-state index contributed by atoms with van der Waals surface area (Å²) in [5.41, 5.74) is 0.184. The van der Waals surface area contributed by atoms with Gasteiger partial charge in [0.05, 0.1) is 0 Å². The third kappa shape index (κ3) is 2.93. The highest BCUT2D eigenvalue weighted by Crippen LogP contribution is 2.49. The molecule has 13 heavy (non-hydrogen) atoms. The van der Waals surface area contributed by atoms with E-state index in [-0.39, 0.29) is 12.2 Å². The maximum absolute atomic E-state index is 10.9. The van der Waals surface area contributed by atoms with Gasteiger partial charge in [-0.2, -0.15) is 0 Å². The van der Waals surface area contributed by atoms with Crippen LogP contribution in [0.5, 0.6) is 0 Å². The second-order valence-corrected chi connectivity index (χ2v) is 3.89. The van der Waals surface area contributed by atoms with Crippen LogP contribution >= 0.6 is 7.82 Å². The Balaban J connectivity index is 2.45. The number of phosphoric acid groups is 1. The first-order chi connectivity index (χ1) is 5.91. The van der Waals surface area contributed by atoms with E-state index in [1.54, 1.807) is 0 Å². The Labute approximate surface area is 74.7 Å². The highest BCUT2D eigenvalue weighted by atomic mass is 31.2. The van der Waals surface area contributed by atoms with E-state index in [4.69, 9.17) is 4.89 Å². The minimum Gasteiger partial charge on any atom is -0.429 e. The van der Waals surface area contributed by atoms with E-state index in [0.717, 1.165) is 0 Å². The van der Waals surface area contributed by atoms with Crippen molar-refractivity contribution in [1.82, 2.24) is 0 Å². The van der Waals surface area contributed by atoms with Crippen molar-refractivity contribution in [1.29, 1.82) is 0 Å². The van der Waals surface area contributed by atoms with Crippen molar-refractivity contribution in [2.45, 2.75) is 13.2 Å². The molecule has 0 spiro atoms. The molecule has 2 unspecified atom stereocenters. The number of hydrogen-bond donors (Lipinski definition) is 1. The summed E-state index contributed by atoms with van der Waals surface area (Å²) >= 11 is 0. The Morgan fingerprint density at radius 1 is 1.77 bits per heavy atom. The van der Waals surface area contributed by atoms with Crippen molar-refractivity contribution in [3.05, 3.63) is 12.2 Å². The van der Waals surface area contributed by atoms with Crippen LogP contribution < -0.4 is 0 Å². The number of ether oxygens (including phenoxy) is 1. The zero-order valence-electron chi connectivity index (χ0n) is 6.93. The highest BCUT2D eigenvalue weighted by molar-refractivity contribution is 7.47. The van der Waals surface area contributed by atoms with E-state index in [0.29, 0.717) is 0 Å². The van der Waals surface area contributed by atoms with Gasteiger partial charge in [-0.25, -0.2) is 13.9 Å². The first kappa shape index (κ1) is 10.4. The zero-order valence-corrected chi connectivity index (χ0v) is 7.82. The summed E-state index contributed by atoms with van der Waals surface area (Å²) in [6.45, 7) is 4.54. The van der Waals surface area contributed by atoms with Crippen molar-refractivity contribution >= 4 is 13.8 Å². The highest BCUT2D eigenvalue weighted by Gasteiger charge is 2.37. The fourth-order valence-electron chi connectivity index (χ4n) is 0.640. The molecule has 1 N–H and O–H groups in total. The summed E-state index contributed by atoms with van der Waals surface area (Å²) in [7, 11) is -3.99. The average molecular weight is 208 g/mol. The Bertz CT molecular complexity index is 285. The Morgan fingerprint density at radius 3 is 2.77 bits per heavy atom. The predicted molar refractivity (Wildman–Crippen MR) is 41.6 cm³/mol. The van der Waals surface area contributed by atoms with Crippen molar-refractivity contribution in [2.75, 3.05) is 6.61 Å². The Morgan fingerprint density at radius 2 is 2.38 bits per heavy atom. The lowest BCUT2D eigenvalue weighted by atomic mass is 10.4. The van der Waals surface area contributed by atoms with Crippen LogP contribution in [-0.4, -0.2) is 23.8 Å². The van der Waals surface area contributed by atoms with Gasteiger partial charge >= 0.3 is 13.8 Å². The van der Waals surface area contributed by atoms with Gasteiger partial charge < -0.3 is 9.63 Å². The maximum Gasteiger partial charge on any atom is 0.475 e. The van der Waals surface area contributed by atoms with Crippen LogP contribution in [0, 0.1) is 0 Å². The van der Waals surface area contributed by atoms with Crippen LogP contribution in [0.4, 0.5) is 0 Å². The fraction of sp³-hybridized carbons (Fsp3) is 0.500. The molecule has 0 aromatic heterocycles. The lowest BCUT2D eigenvalue weighted by Gasteiger charge is -2.08. The summed E-state index contributed by atoms with van der Waals surface area (Å²) in [6.07, 6.45) is -1.12. The van der Waals surface area contributed by atoms with Gasteiger partial charge in [-0.1, -0.05) is 6.58 Å². The molecule has 0 bridgehead atoms. The largest absolute Gasteiger partial charge is 0.475 e. The maximum atomic E-state index is 10.9. The van der Waals surface area contributed by atoms with Crippen molar-refractivity contribution in [3.8, 4) is 0 Å². The van der Waals surface area contributed by atoms with Crippen molar-refractivity contribution < 1.29 is 28.0 Å². The predicted octanol–water partition coefficient (Wildman–Crippen LogP) is 0.579. The van der Waals surface area contributed by atoms with E-state index >= 15 is 0 Å². The molecule has 7 heteroatoms. The van der Waals surface area contributed by atoms with Crippen LogP contribution in [-0.2, 0) is 23.1 Å². The molecular weight excluding hydrogens is 199 g/mol. The first-order valence-corrected chi connectivity index (χ1v) is 4.92. The standard InChI is InChI=1S/C6H9O6P/c1-4(2)6(7)11-5-3-10-13(8,9)12-5/h5H,1,3H2,2H3,(H,8,9). The van der Waals surface area contributed by atoms with Gasteiger partial charge in [0.15, 0.2) is 0 Å². The second kappa shape index (κ2) is 3.59. The second-order valence-electron chi connectivity index (χ2n) is 2.48. The molecular formula is C6H9O6P. The van der Waals surface area contributed by atoms with Crippen molar-refractivity contribution in [2.24, 2.45) is 0 Å². The van der Waals surface area contributed by atoms with Gasteiger partial charge in [0, 0.05) is 5.57 Å². The summed E-state index contributed by atoms with van der Waals surface area (Å²) in [6, 6.07) is 0. The van der Waals surface area contributed by atoms with Gasteiger partial charge in [0.1, 0.15) is 6.61 Å². The zero-order chi connectivity index (χ0) is 10.1. The topological polar surface area (TPSA) is 82.1 Å². The van der Waals surface area contributed by atoms with Crippen molar-refractivity contribution in [3.63, 3.8) is 0 Å². The Hall–Kier alpha value is -0.680. The summed E-state index contributed by atoms with van der Waals surface area (Å²) in [4.78, 5) is 19.6. The van der Waals surface area contributed by atoms with E-state index < -0.39 is 20.1 Å². The molecule has 74 valence electrons. The van der Waals surface area contributed by atoms with Gasteiger partial charge in [-0.3, -0.25) is 4.52 Å². The minimum atomic E-state index is -3.99. The quantitative estimate of drug-likeness (QED) is 0.406. The van der Waals surface area contributed by atoms with Gasteiger partial charge in [0.25, 0.3) is 0 Å². The molecule has 1 saturated heterocycles. The van der Waals surface area contributed by atoms with Gasteiger partial charge in [-0.15, -0.1) is 0 Å². The van der Waals surface area contributed by atoms with Gasteiger partial charge in [0.2, 0.25) is 6.29 Å².